The number of benzene rings is 1. The summed E-state index contributed by atoms with van der Waals surface area (Å²) in [6, 6.07) is 7.97. The van der Waals surface area contributed by atoms with Gasteiger partial charge in [-0.1, -0.05) is 35.9 Å². The quantitative estimate of drug-likeness (QED) is 0.623. The van der Waals surface area contributed by atoms with Gasteiger partial charge in [-0.15, -0.1) is 0 Å². The maximum absolute atomic E-state index is 5.83. The van der Waals surface area contributed by atoms with Crippen LogP contribution in [0.1, 0.15) is 11.1 Å². The molecule has 0 fully saturated rings. The van der Waals surface area contributed by atoms with Gasteiger partial charge in [0.05, 0.1) is 6.54 Å². The lowest BCUT2D eigenvalue weighted by Gasteiger charge is -2.12. The summed E-state index contributed by atoms with van der Waals surface area (Å²) in [6.45, 7) is 0.770. The van der Waals surface area contributed by atoms with Crippen LogP contribution in [-0.4, -0.2) is 5.17 Å². The summed E-state index contributed by atoms with van der Waals surface area (Å²) in [4.78, 5) is 0. The third kappa shape index (κ3) is 1.10. The number of rotatable bonds is 0. The zero-order valence-electron chi connectivity index (χ0n) is 5.84. The van der Waals surface area contributed by atoms with Gasteiger partial charge in [0, 0.05) is 5.56 Å². The molecule has 0 saturated heterocycles. The molecule has 0 aromatic heterocycles. The van der Waals surface area contributed by atoms with Gasteiger partial charge in [-0.2, -0.15) is 5.10 Å². The van der Waals surface area contributed by atoms with Gasteiger partial charge in [0.2, 0.25) is 0 Å². The maximum Gasteiger partial charge on any atom is 0.156 e. The highest BCUT2D eigenvalue weighted by Gasteiger charge is 2.09. The number of hydrogen-bond donors (Lipinski definition) is 1. The molecular formula is C8H7ClN2. The Morgan fingerprint density at radius 2 is 2.18 bits per heavy atom. The highest BCUT2D eigenvalue weighted by Crippen LogP contribution is 2.14. The second-order valence-electron chi connectivity index (χ2n) is 2.39. The molecule has 1 heterocycles. The first-order chi connectivity index (χ1) is 5.38. The molecule has 1 aromatic rings. The van der Waals surface area contributed by atoms with Crippen LogP contribution < -0.4 is 5.43 Å². The molecule has 1 aromatic carbocycles. The molecule has 0 unspecified atom stereocenters. The Bertz CT molecular complexity index is 307. The van der Waals surface area contributed by atoms with Crippen LogP contribution in [0.3, 0.4) is 0 Å². The molecule has 11 heavy (non-hydrogen) atoms. The van der Waals surface area contributed by atoms with Crippen molar-refractivity contribution in [3.8, 4) is 0 Å². The molecule has 1 aliphatic heterocycles. The Labute approximate surface area is 69.9 Å². The van der Waals surface area contributed by atoms with Crippen LogP contribution >= 0.6 is 11.6 Å². The van der Waals surface area contributed by atoms with Crippen LogP contribution in [0.25, 0.3) is 0 Å². The topological polar surface area (TPSA) is 24.4 Å². The second kappa shape index (κ2) is 2.55. The van der Waals surface area contributed by atoms with Gasteiger partial charge < -0.3 is 5.43 Å². The normalized spacial score (nSPS) is 14.8. The van der Waals surface area contributed by atoms with E-state index in [-0.39, 0.29) is 0 Å². The molecule has 1 aliphatic rings. The Hall–Kier alpha value is -1.02. The molecule has 0 bridgehead atoms. The summed E-state index contributed by atoms with van der Waals surface area (Å²) in [5, 5.41) is 4.45. The lowest BCUT2D eigenvalue weighted by atomic mass is 10.1. The molecule has 56 valence electrons. The van der Waals surface area contributed by atoms with Gasteiger partial charge in [0.15, 0.2) is 5.17 Å². The van der Waals surface area contributed by atoms with E-state index in [1.54, 1.807) is 0 Å². The SMILES string of the molecule is ClC1=NNCc2ccccc21. The molecule has 2 rings (SSSR count). The van der Waals surface area contributed by atoms with Gasteiger partial charge in [-0.3, -0.25) is 0 Å². The van der Waals surface area contributed by atoms with Crippen LogP contribution in [0.2, 0.25) is 0 Å². The molecular weight excluding hydrogens is 160 g/mol. The first-order valence-electron chi connectivity index (χ1n) is 3.42. The van der Waals surface area contributed by atoms with Crippen molar-refractivity contribution in [2.75, 3.05) is 0 Å². The van der Waals surface area contributed by atoms with E-state index in [0.717, 1.165) is 12.1 Å². The largest absolute Gasteiger partial charge is 0.304 e. The molecule has 0 radical (unpaired) electrons. The van der Waals surface area contributed by atoms with Crippen molar-refractivity contribution >= 4 is 16.8 Å². The van der Waals surface area contributed by atoms with Crippen LogP contribution in [0.4, 0.5) is 0 Å². The predicted octanol–water partition coefficient (Wildman–Crippen LogP) is 1.69. The molecule has 0 aliphatic carbocycles. The molecule has 1 N–H and O–H groups in total. The second-order valence-corrected chi connectivity index (χ2v) is 2.75. The fourth-order valence-electron chi connectivity index (χ4n) is 1.13. The zero-order chi connectivity index (χ0) is 7.68. The molecule has 0 spiro atoms. The summed E-state index contributed by atoms with van der Waals surface area (Å²) < 4.78 is 0. The number of hydrogen-bond acceptors (Lipinski definition) is 2. The summed E-state index contributed by atoms with van der Waals surface area (Å²) in [7, 11) is 0. The summed E-state index contributed by atoms with van der Waals surface area (Å²) in [6.07, 6.45) is 0. The smallest absolute Gasteiger partial charge is 0.156 e. The van der Waals surface area contributed by atoms with Crippen molar-refractivity contribution in [2.24, 2.45) is 5.10 Å². The Morgan fingerprint density at radius 1 is 1.36 bits per heavy atom. The van der Waals surface area contributed by atoms with E-state index in [9.17, 15) is 0 Å². The van der Waals surface area contributed by atoms with Gasteiger partial charge in [0.1, 0.15) is 0 Å². The van der Waals surface area contributed by atoms with Gasteiger partial charge in [-0.25, -0.2) is 0 Å². The van der Waals surface area contributed by atoms with Crippen molar-refractivity contribution in [3.05, 3.63) is 35.4 Å². The van der Waals surface area contributed by atoms with Crippen LogP contribution in [0, 0.1) is 0 Å². The van der Waals surface area contributed by atoms with E-state index in [1.165, 1.54) is 5.56 Å². The summed E-state index contributed by atoms with van der Waals surface area (Å²) in [5.41, 5.74) is 5.08. The number of hydrazone groups is 1. The van der Waals surface area contributed by atoms with E-state index in [4.69, 9.17) is 11.6 Å². The minimum Gasteiger partial charge on any atom is -0.304 e. The van der Waals surface area contributed by atoms with Gasteiger partial charge >= 0.3 is 0 Å². The summed E-state index contributed by atoms with van der Waals surface area (Å²) >= 11 is 5.83. The summed E-state index contributed by atoms with van der Waals surface area (Å²) in [5.74, 6) is 0. The average Bonchev–Trinajstić information content (AvgIpc) is 2.06. The minimum absolute atomic E-state index is 0.548. The minimum atomic E-state index is 0.548. The lowest BCUT2D eigenvalue weighted by molar-refractivity contribution is 0.733. The highest BCUT2D eigenvalue weighted by atomic mass is 35.5. The molecule has 0 amide bonds. The average molecular weight is 167 g/mol. The number of fused-ring (bicyclic) bond motifs is 1. The lowest BCUT2D eigenvalue weighted by Crippen LogP contribution is -2.16. The Balaban J connectivity index is 2.56. The predicted molar refractivity (Wildman–Crippen MR) is 45.7 cm³/mol. The Kier molecular flexibility index (Phi) is 1.55. The standard InChI is InChI=1S/C8H7ClN2/c9-8-7-4-2-1-3-6(7)5-10-11-8/h1-4,10H,5H2. The fraction of sp³-hybridized carbons (Fsp3) is 0.125. The van der Waals surface area contributed by atoms with Crippen molar-refractivity contribution < 1.29 is 0 Å². The van der Waals surface area contributed by atoms with Gasteiger partial charge in [0.25, 0.3) is 0 Å². The van der Waals surface area contributed by atoms with E-state index in [1.807, 2.05) is 24.3 Å². The van der Waals surface area contributed by atoms with Gasteiger partial charge in [-0.05, 0) is 5.56 Å². The number of halogens is 1. The first kappa shape index (κ1) is 6.68. The van der Waals surface area contributed by atoms with Crippen molar-refractivity contribution in [1.82, 2.24) is 5.43 Å². The third-order valence-electron chi connectivity index (χ3n) is 1.69. The highest BCUT2D eigenvalue weighted by molar-refractivity contribution is 6.69. The monoisotopic (exact) mass is 166 g/mol. The molecule has 2 nitrogen and oxygen atoms in total. The maximum atomic E-state index is 5.83. The van der Waals surface area contributed by atoms with Crippen LogP contribution in [-0.2, 0) is 6.54 Å². The molecule has 0 saturated carbocycles. The van der Waals surface area contributed by atoms with Crippen LogP contribution in [0.15, 0.2) is 29.4 Å². The van der Waals surface area contributed by atoms with E-state index in [2.05, 4.69) is 10.5 Å². The fourth-order valence-corrected chi connectivity index (χ4v) is 1.37. The van der Waals surface area contributed by atoms with Crippen LogP contribution in [0.5, 0.6) is 0 Å². The van der Waals surface area contributed by atoms with E-state index < -0.39 is 0 Å². The number of nitrogens with zero attached hydrogens (tertiary/aromatic N) is 1. The third-order valence-corrected chi connectivity index (χ3v) is 1.97. The Morgan fingerprint density at radius 3 is 3.00 bits per heavy atom. The zero-order valence-corrected chi connectivity index (χ0v) is 6.60. The molecule has 0 atom stereocenters. The first-order valence-corrected chi connectivity index (χ1v) is 3.80. The molecule has 3 heteroatoms. The van der Waals surface area contributed by atoms with Crippen molar-refractivity contribution in [3.63, 3.8) is 0 Å². The van der Waals surface area contributed by atoms with Crippen molar-refractivity contribution in [2.45, 2.75) is 6.54 Å². The van der Waals surface area contributed by atoms with E-state index in [0.29, 0.717) is 5.17 Å². The number of nitrogens with one attached hydrogen (secondary N) is 1. The van der Waals surface area contributed by atoms with E-state index >= 15 is 0 Å². The van der Waals surface area contributed by atoms with Crippen molar-refractivity contribution in [1.29, 1.82) is 0 Å².